The minimum Gasteiger partial charge on any atom is -0.282 e. The third-order valence-electron chi connectivity index (χ3n) is 5.50. The zero-order valence-electron chi connectivity index (χ0n) is 18.6. The van der Waals surface area contributed by atoms with Crippen molar-refractivity contribution in [2.75, 3.05) is 24.6 Å². The Morgan fingerprint density at radius 2 is 1.07 bits per heavy atom. The summed E-state index contributed by atoms with van der Waals surface area (Å²) in [6.07, 6.45) is 16.1. The molecule has 3 N–H and O–H groups in total. The standard InChI is InChI=1S/C16H38NP.C6H6O3S/c1-5-9-13-18(17,14-10-6-2,15-11-7-3)16-12-8-4;7-10(8,9)6-4-2-1-3-5-6/h5-17H2,1-4H3;1-5H,(H,7,8,9). The fraction of sp³-hybridized carbons (Fsp3) is 0.727. The maximum Gasteiger partial charge on any atom is 0.294 e. The molecule has 0 saturated heterocycles. The number of nitrogens with two attached hydrogens (primary N) is 1. The number of hydrogen-bond acceptors (Lipinski definition) is 3. The third-order valence-corrected chi connectivity index (χ3v) is 12.5. The Bertz CT molecular complexity index is 576. The summed E-state index contributed by atoms with van der Waals surface area (Å²) in [5, 5.41) is 0. The van der Waals surface area contributed by atoms with Crippen LogP contribution < -0.4 is 5.50 Å². The van der Waals surface area contributed by atoms with Crippen molar-refractivity contribution in [1.29, 1.82) is 0 Å². The smallest absolute Gasteiger partial charge is 0.282 e. The summed E-state index contributed by atoms with van der Waals surface area (Å²) in [4.78, 5) is -0.0741. The SMILES string of the molecule is CCCCP(N)(CCCC)(CCCC)CCCC.O=S(=O)(O)c1ccccc1. The van der Waals surface area contributed by atoms with Gasteiger partial charge in [-0.1, -0.05) is 18.2 Å². The van der Waals surface area contributed by atoms with Crippen LogP contribution in [0.2, 0.25) is 0 Å². The number of benzene rings is 1. The van der Waals surface area contributed by atoms with E-state index in [9.17, 15) is 8.42 Å². The molecule has 4 nitrogen and oxygen atoms in total. The van der Waals surface area contributed by atoms with E-state index >= 15 is 0 Å². The van der Waals surface area contributed by atoms with Gasteiger partial charge in [0.15, 0.2) is 0 Å². The second-order valence-electron chi connectivity index (χ2n) is 8.17. The quantitative estimate of drug-likeness (QED) is 0.273. The summed E-state index contributed by atoms with van der Waals surface area (Å²) in [5.74, 6) is 0. The van der Waals surface area contributed by atoms with Gasteiger partial charge in [-0.15, -0.1) is 0 Å². The average molecular weight is 434 g/mol. The Hall–Kier alpha value is -0.480. The second kappa shape index (κ2) is 13.7. The maximum atomic E-state index is 10.4. The monoisotopic (exact) mass is 433 g/mol. The Labute approximate surface area is 174 Å². The van der Waals surface area contributed by atoms with Crippen LogP contribution in [0.1, 0.15) is 79.1 Å². The van der Waals surface area contributed by atoms with E-state index in [0.717, 1.165) is 0 Å². The van der Waals surface area contributed by atoms with E-state index in [0.29, 0.717) is 0 Å². The third kappa shape index (κ3) is 10.9. The van der Waals surface area contributed by atoms with Gasteiger partial charge in [0, 0.05) is 0 Å². The molecule has 1 aromatic rings. The molecule has 0 atom stereocenters. The second-order valence-corrected chi connectivity index (χ2v) is 15.5. The molecule has 0 fully saturated rings. The van der Waals surface area contributed by atoms with Gasteiger partial charge in [0.25, 0.3) is 10.1 Å². The molecule has 28 heavy (non-hydrogen) atoms. The van der Waals surface area contributed by atoms with Crippen LogP contribution in [0.4, 0.5) is 0 Å². The fourth-order valence-electron chi connectivity index (χ4n) is 3.60. The zero-order chi connectivity index (χ0) is 21.5. The Balaban J connectivity index is 0.000000609. The van der Waals surface area contributed by atoms with Crippen molar-refractivity contribution in [2.45, 2.75) is 84.0 Å². The first-order valence-corrected chi connectivity index (χ1v) is 15.5. The van der Waals surface area contributed by atoms with E-state index in [1.807, 2.05) is 0 Å². The minimum atomic E-state index is -4.00. The van der Waals surface area contributed by atoms with Crippen LogP contribution in [0.25, 0.3) is 0 Å². The molecule has 0 aliphatic carbocycles. The first-order chi connectivity index (χ1) is 13.1. The summed E-state index contributed by atoms with van der Waals surface area (Å²) in [7, 11) is -4.00. The molecule has 0 aromatic heterocycles. The molecule has 1 rings (SSSR count). The van der Waals surface area contributed by atoms with Gasteiger partial charge in [0.2, 0.25) is 0 Å². The van der Waals surface area contributed by atoms with Crippen LogP contribution in [0, 0.1) is 0 Å². The molecular weight excluding hydrogens is 389 g/mol. The predicted molar refractivity (Wildman–Crippen MR) is 126 cm³/mol. The molecule has 6 heteroatoms. The van der Waals surface area contributed by atoms with E-state index < -0.39 is 16.9 Å². The summed E-state index contributed by atoms with van der Waals surface area (Å²) in [5.41, 5.74) is 7.20. The van der Waals surface area contributed by atoms with Crippen molar-refractivity contribution in [1.82, 2.24) is 0 Å². The minimum absolute atomic E-state index is 0.0741. The summed E-state index contributed by atoms with van der Waals surface area (Å²) in [6.45, 7) is 7.36. The van der Waals surface area contributed by atoms with Crippen LogP contribution in [0.15, 0.2) is 35.2 Å². The number of hydrogen-bond donors (Lipinski definition) is 2. The molecule has 0 aliphatic rings. The van der Waals surface area contributed by atoms with E-state index in [1.165, 1.54) is 88.1 Å². The molecule has 0 bridgehead atoms. The fourth-order valence-corrected chi connectivity index (χ4v) is 10.1. The Morgan fingerprint density at radius 3 is 1.29 bits per heavy atom. The molecule has 1 aromatic carbocycles. The van der Waals surface area contributed by atoms with Crippen molar-refractivity contribution in [3.05, 3.63) is 30.3 Å². The maximum absolute atomic E-state index is 10.4. The normalized spacial score (nSPS) is 13.3. The van der Waals surface area contributed by atoms with Crippen molar-refractivity contribution < 1.29 is 13.0 Å². The van der Waals surface area contributed by atoms with Crippen molar-refractivity contribution in [3.63, 3.8) is 0 Å². The van der Waals surface area contributed by atoms with Gasteiger partial charge in [0.05, 0.1) is 4.90 Å². The molecular formula is C22H44NO3PS. The summed E-state index contributed by atoms with van der Waals surface area (Å²) in [6, 6.07) is 7.42. The van der Waals surface area contributed by atoms with Crippen LogP contribution in [-0.2, 0) is 10.1 Å². The molecule has 0 heterocycles. The van der Waals surface area contributed by atoms with Gasteiger partial charge in [-0.25, -0.2) is 0 Å². The van der Waals surface area contributed by atoms with Crippen molar-refractivity contribution >= 4 is 16.9 Å². The van der Waals surface area contributed by atoms with Gasteiger partial charge in [-0.05, 0) is 12.1 Å². The molecule has 0 amide bonds. The van der Waals surface area contributed by atoms with Crippen molar-refractivity contribution in [3.8, 4) is 0 Å². The van der Waals surface area contributed by atoms with E-state index in [-0.39, 0.29) is 4.90 Å². The molecule has 0 aliphatic heterocycles. The summed E-state index contributed by atoms with van der Waals surface area (Å²) < 4.78 is 29.2. The van der Waals surface area contributed by atoms with Gasteiger partial charge >= 0.3 is 116 Å². The molecule has 0 radical (unpaired) electrons. The largest absolute Gasteiger partial charge is 0.294 e. The molecule has 0 saturated carbocycles. The van der Waals surface area contributed by atoms with E-state index in [1.54, 1.807) is 18.2 Å². The van der Waals surface area contributed by atoms with Crippen LogP contribution in [-0.4, -0.2) is 37.6 Å². The molecule has 0 spiro atoms. The Kier molecular flexibility index (Phi) is 13.5. The van der Waals surface area contributed by atoms with E-state index in [2.05, 4.69) is 27.7 Å². The number of unbranched alkanes of at least 4 members (excludes halogenated alkanes) is 4. The first-order valence-electron chi connectivity index (χ1n) is 11.0. The molecule has 0 unspecified atom stereocenters. The van der Waals surface area contributed by atoms with Gasteiger partial charge in [0.1, 0.15) is 0 Å². The summed E-state index contributed by atoms with van der Waals surface area (Å²) >= 11 is 0. The van der Waals surface area contributed by atoms with Gasteiger partial charge in [-0.2, -0.15) is 8.42 Å². The first kappa shape index (κ1) is 27.5. The van der Waals surface area contributed by atoms with Gasteiger partial charge < -0.3 is 0 Å². The predicted octanol–water partition coefficient (Wildman–Crippen LogP) is 6.55. The van der Waals surface area contributed by atoms with Crippen LogP contribution in [0.3, 0.4) is 0 Å². The van der Waals surface area contributed by atoms with Crippen LogP contribution in [0.5, 0.6) is 0 Å². The number of rotatable bonds is 13. The zero-order valence-corrected chi connectivity index (χ0v) is 20.3. The van der Waals surface area contributed by atoms with Gasteiger partial charge in [-0.3, -0.25) is 4.55 Å². The van der Waals surface area contributed by atoms with E-state index in [4.69, 9.17) is 10.1 Å². The molecule has 166 valence electrons. The topological polar surface area (TPSA) is 80.4 Å². The van der Waals surface area contributed by atoms with Crippen molar-refractivity contribution in [2.24, 2.45) is 5.50 Å². The Morgan fingerprint density at radius 1 is 0.750 bits per heavy atom. The van der Waals surface area contributed by atoms with Crippen LogP contribution >= 0.6 is 6.75 Å². The average Bonchev–Trinajstić information content (AvgIpc) is 2.69.